The van der Waals surface area contributed by atoms with Gasteiger partial charge in [0.05, 0.1) is 25.4 Å². The molecule has 0 aromatic heterocycles. The Bertz CT molecular complexity index is 1210. The highest BCUT2D eigenvalue weighted by Gasteiger charge is 2.18. The quantitative estimate of drug-likeness (QED) is 0.0321. The zero-order valence-electron chi connectivity index (χ0n) is 45.8. The summed E-state index contributed by atoms with van der Waals surface area (Å²) in [6.07, 6.45) is 75.5. The van der Waals surface area contributed by atoms with Crippen LogP contribution in [0.3, 0.4) is 0 Å². The number of rotatable bonds is 55. The second-order valence-corrected chi connectivity index (χ2v) is 20.3. The van der Waals surface area contributed by atoms with E-state index in [2.05, 4.69) is 67.8 Å². The van der Waals surface area contributed by atoms with Gasteiger partial charge in [-0.25, -0.2) is 0 Å². The fraction of sp³-hybridized carbons (Fsp3) is 0.810. The normalized spacial score (nSPS) is 13.0. The molecule has 0 aliphatic carbocycles. The van der Waals surface area contributed by atoms with Gasteiger partial charge in [-0.2, -0.15) is 0 Å². The number of amides is 1. The lowest BCUT2D eigenvalue weighted by atomic mass is 10.0. The number of allylic oxidation sites excluding steroid dienone is 8. The summed E-state index contributed by atoms with van der Waals surface area (Å²) in [6.45, 7) is 4.73. The van der Waals surface area contributed by atoms with E-state index in [0.717, 1.165) is 64.2 Å². The van der Waals surface area contributed by atoms with Crippen LogP contribution in [0, 0.1) is 0 Å². The van der Waals surface area contributed by atoms with Crippen molar-refractivity contribution in [1.29, 1.82) is 0 Å². The Hall–Kier alpha value is -2.44. The van der Waals surface area contributed by atoms with E-state index < -0.39 is 12.1 Å². The second-order valence-electron chi connectivity index (χ2n) is 20.3. The van der Waals surface area contributed by atoms with E-state index >= 15 is 0 Å². The monoisotopic (exact) mass is 966 g/mol. The molecule has 0 bridgehead atoms. The lowest BCUT2D eigenvalue weighted by molar-refractivity contribution is -0.143. The Labute approximate surface area is 428 Å². The van der Waals surface area contributed by atoms with E-state index in [9.17, 15) is 19.8 Å². The van der Waals surface area contributed by atoms with Crippen molar-refractivity contribution < 1.29 is 24.5 Å². The van der Waals surface area contributed by atoms with Gasteiger partial charge in [0.15, 0.2) is 0 Å². The fourth-order valence-electron chi connectivity index (χ4n) is 8.92. The zero-order chi connectivity index (χ0) is 50.0. The Balaban J connectivity index is 3.50. The van der Waals surface area contributed by atoms with Crippen LogP contribution in [0.15, 0.2) is 60.8 Å². The number of esters is 1. The summed E-state index contributed by atoms with van der Waals surface area (Å²) in [5.74, 6) is -0.124. The van der Waals surface area contributed by atoms with E-state index in [1.54, 1.807) is 6.08 Å². The number of nitrogens with one attached hydrogen (secondary N) is 1. The Kier molecular flexibility index (Phi) is 56.1. The topological polar surface area (TPSA) is 95.9 Å². The van der Waals surface area contributed by atoms with E-state index in [4.69, 9.17) is 4.74 Å². The molecule has 0 aliphatic rings. The van der Waals surface area contributed by atoms with Crippen molar-refractivity contribution in [3.63, 3.8) is 0 Å². The molecule has 0 rings (SSSR count). The molecule has 6 nitrogen and oxygen atoms in total. The third kappa shape index (κ3) is 54.7. The molecule has 2 atom stereocenters. The number of ether oxygens (including phenoxy) is 1. The molecule has 69 heavy (non-hydrogen) atoms. The molecule has 6 heteroatoms. The van der Waals surface area contributed by atoms with Crippen LogP contribution in [0.1, 0.15) is 303 Å². The third-order valence-electron chi connectivity index (χ3n) is 13.5. The van der Waals surface area contributed by atoms with Gasteiger partial charge in [0, 0.05) is 12.8 Å². The highest BCUT2D eigenvalue weighted by Crippen LogP contribution is 2.17. The summed E-state index contributed by atoms with van der Waals surface area (Å²) in [4.78, 5) is 24.5. The summed E-state index contributed by atoms with van der Waals surface area (Å²) in [6, 6.07) is -0.634. The van der Waals surface area contributed by atoms with Gasteiger partial charge in [-0.05, 0) is 77.0 Å². The van der Waals surface area contributed by atoms with E-state index in [1.165, 1.54) is 212 Å². The van der Waals surface area contributed by atoms with Crippen LogP contribution in [-0.4, -0.2) is 47.4 Å². The van der Waals surface area contributed by atoms with Gasteiger partial charge >= 0.3 is 5.97 Å². The summed E-state index contributed by atoms with van der Waals surface area (Å²) >= 11 is 0. The molecule has 0 aromatic rings. The number of carbonyl (C=O) groups excluding carboxylic acids is 2. The van der Waals surface area contributed by atoms with Gasteiger partial charge in [0.1, 0.15) is 0 Å². The van der Waals surface area contributed by atoms with Crippen LogP contribution in [-0.2, 0) is 14.3 Å². The van der Waals surface area contributed by atoms with Gasteiger partial charge in [-0.3, -0.25) is 9.59 Å². The standard InChI is InChI=1S/C63H115NO5/c1-3-5-7-9-11-13-15-17-18-19-25-28-32-35-39-43-47-51-55-61(66)60(59-65)64-62(67)56-52-48-44-40-36-33-29-26-23-21-20-22-24-27-30-34-38-42-46-50-54-58-69-63(68)57-53-49-45-41-37-31-16-14-12-10-8-6-4-2/h8,10,14,16,34,38,46,50-51,55,60-61,65-66H,3-7,9,11-13,15,17-33,35-37,39-45,47-49,52-54,56-59H2,1-2H3,(H,64,67)/b10-8-,16-14-,38-34-,50-46-,55-51+. The highest BCUT2D eigenvalue weighted by molar-refractivity contribution is 5.76. The van der Waals surface area contributed by atoms with Crippen LogP contribution < -0.4 is 5.32 Å². The van der Waals surface area contributed by atoms with Gasteiger partial charge in [-0.1, -0.05) is 274 Å². The lowest BCUT2D eigenvalue weighted by Gasteiger charge is -2.20. The number of aliphatic hydroxyl groups is 2. The molecule has 3 N–H and O–H groups in total. The first-order valence-electron chi connectivity index (χ1n) is 30.1. The molecule has 0 saturated heterocycles. The molecule has 2 unspecified atom stereocenters. The predicted molar refractivity (Wildman–Crippen MR) is 301 cm³/mol. The van der Waals surface area contributed by atoms with Gasteiger partial charge < -0.3 is 20.3 Å². The Morgan fingerprint density at radius 1 is 0.406 bits per heavy atom. The SMILES string of the molecule is CCC/C=C\C/C=C\CCCCCCCC(=O)OCC/C=C\C/C=C\CCCCCCCCCCCCCCCCC(=O)NC(CO)C(O)/C=C/CCCCCCCCCCCCCCCCCC. The van der Waals surface area contributed by atoms with Gasteiger partial charge in [0.2, 0.25) is 5.91 Å². The van der Waals surface area contributed by atoms with Crippen LogP contribution >= 0.6 is 0 Å². The van der Waals surface area contributed by atoms with Gasteiger partial charge in [-0.15, -0.1) is 0 Å². The first kappa shape index (κ1) is 66.6. The Morgan fingerprint density at radius 3 is 1.16 bits per heavy atom. The highest BCUT2D eigenvalue weighted by atomic mass is 16.5. The summed E-state index contributed by atoms with van der Waals surface area (Å²) in [5, 5.41) is 23.2. The van der Waals surface area contributed by atoms with Crippen LogP contribution in [0.2, 0.25) is 0 Å². The molecular weight excluding hydrogens is 851 g/mol. The maximum absolute atomic E-state index is 12.5. The molecule has 0 fully saturated rings. The molecule has 402 valence electrons. The largest absolute Gasteiger partial charge is 0.465 e. The third-order valence-corrected chi connectivity index (χ3v) is 13.5. The minimum absolute atomic E-state index is 0.0518. The number of aliphatic hydroxyl groups excluding tert-OH is 2. The fourth-order valence-corrected chi connectivity index (χ4v) is 8.92. The van der Waals surface area contributed by atoms with Crippen molar-refractivity contribution in [3.8, 4) is 0 Å². The van der Waals surface area contributed by atoms with E-state index in [0.29, 0.717) is 19.4 Å². The molecule has 0 spiro atoms. The molecule has 0 heterocycles. The number of unbranched alkanes of at least 4 members (excludes halogenated alkanes) is 36. The van der Waals surface area contributed by atoms with Crippen molar-refractivity contribution in [1.82, 2.24) is 5.32 Å². The zero-order valence-corrected chi connectivity index (χ0v) is 45.8. The van der Waals surface area contributed by atoms with Crippen molar-refractivity contribution in [2.24, 2.45) is 0 Å². The minimum atomic E-state index is -0.850. The minimum Gasteiger partial charge on any atom is -0.465 e. The summed E-state index contributed by atoms with van der Waals surface area (Å²) < 4.78 is 5.40. The Morgan fingerprint density at radius 2 is 0.754 bits per heavy atom. The first-order chi connectivity index (χ1) is 34.0. The lowest BCUT2D eigenvalue weighted by Crippen LogP contribution is -2.45. The van der Waals surface area contributed by atoms with E-state index in [-0.39, 0.29) is 18.5 Å². The molecule has 0 aliphatic heterocycles. The average Bonchev–Trinajstić information content (AvgIpc) is 3.35. The van der Waals surface area contributed by atoms with Crippen molar-refractivity contribution >= 4 is 11.9 Å². The van der Waals surface area contributed by atoms with Crippen molar-refractivity contribution in [3.05, 3.63) is 60.8 Å². The smallest absolute Gasteiger partial charge is 0.305 e. The summed E-state index contributed by atoms with van der Waals surface area (Å²) in [7, 11) is 0. The molecule has 0 aromatic carbocycles. The van der Waals surface area contributed by atoms with Crippen LogP contribution in [0.5, 0.6) is 0 Å². The second kappa shape index (κ2) is 58.1. The predicted octanol–water partition coefficient (Wildman–Crippen LogP) is 18.7. The molecular formula is C63H115NO5. The number of hydrogen-bond acceptors (Lipinski definition) is 5. The number of hydrogen-bond donors (Lipinski definition) is 3. The maximum atomic E-state index is 12.5. The van der Waals surface area contributed by atoms with Crippen LogP contribution in [0.4, 0.5) is 0 Å². The first-order valence-corrected chi connectivity index (χ1v) is 30.1. The maximum Gasteiger partial charge on any atom is 0.305 e. The van der Waals surface area contributed by atoms with Crippen molar-refractivity contribution in [2.75, 3.05) is 13.2 Å². The molecule has 0 radical (unpaired) electrons. The van der Waals surface area contributed by atoms with Crippen molar-refractivity contribution in [2.45, 2.75) is 315 Å². The van der Waals surface area contributed by atoms with Gasteiger partial charge in [0.25, 0.3) is 0 Å². The average molecular weight is 967 g/mol. The molecule has 1 amide bonds. The molecule has 0 saturated carbocycles. The van der Waals surface area contributed by atoms with Crippen LogP contribution in [0.25, 0.3) is 0 Å². The van der Waals surface area contributed by atoms with E-state index in [1.807, 2.05) is 6.08 Å². The number of carbonyl (C=O) groups is 2. The summed E-state index contributed by atoms with van der Waals surface area (Å²) in [5.41, 5.74) is 0.